The number of benzene rings is 1. The number of para-hydroxylation sites is 1. The number of hydrogen-bond donors (Lipinski definition) is 0. The number of aromatic nitrogens is 2. The SMILES string of the molecule is COC(=O)C1C(C)=Nc2c(c(CC(C)C)nn2C)C1c1ccccc1[N+](=O)[O-]. The van der Waals surface area contributed by atoms with Crippen molar-refractivity contribution >= 4 is 23.2 Å². The van der Waals surface area contributed by atoms with E-state index in [1.807, 2.05) is 0 Å². The third-order valence-electron chi connectivity index (χ3n) is 5.03. The van der Waals surface area contributed by atoms with E-state index in [0.29, 0.717) is 29.4 Å². The van der Waals surface area contributed by atoms with E-state index in [-0.39, 0.29) is 5.69 Å². The summed E-state index contributed by atoms with van der Waals surface area (Å²) in [4.78, 5) is 28.6. The molecule has 0 radical (unpaired) electrons. The average molecular weight is 384 g/mol. The van der Waals surface area contributed by atoms with Crippen molar-refractivity contribution < 1.29 is 14.5 Å². The van der Waals surface area contributed by atoms with Crippen molar-refractivity contribution in [2.45, 2.75) is 33.1 Å². The fourth-order valence-electron chi connectivity index (χ4n) is 3.90. The van der Waals surface area contributed by atoms with E-state index < -0.39 is 22.7 Å². The van der Waals surface area contributed by atoms with Crippen LogP contribution in [0.5, 0.6) is 0 Å². The van der Waals surface area contributed by atoms with E-state index in [1.54, 1.807) is 36.9 Å². The zero-order chi connectivity index (χ0) is 20.6. The van der Waals surface area contributed by atoms with E-state index in [0.717, 1.165) is 11.3 Å². The summed E-state index contributed by atoms with van der Waals surface area (Å²) < 4.78 is 6.72. The van der Waals surface area contributed by atoms with E-state index >= 15 is 0 Å². The van der Waals surface area contributed by atoms with Gasteiger partial charge in [0.15, 0.2) is 5.82 Å². The molecule has 0 spiro atoms. The highest BCUT2D eigenvalue weighted by molar-refractivity contribution is 6.05. The van der Waals surface area contributed by atoms with Crippen molar-refractivity contribution in [2.75, 3.05) is 7.11 Å². The van der Waals surface area contributed by atoms with Gasteiger partial charge < -0.3 is 4.74 Å². The van der Waals surface area contributed by atoms with Gasteiger partial charge in [-0.2, -0.15) is 5.10 Å². The Morgan fingerprint density at radius 2 is 2.04 bits per heavy atom. The van der Waals surface area contributed by atoms with Crippen LogP contribution >= 0.6 is 0 Å². The summed E-state index contributed by atoms with van der Waals surface area (Å²) in [5, 5.41) is 16.3. The first-order valence-corrected chi connectivity index (χ1v) is 9.18. The highest BCUT2D eigenvalue weighted by Gasteiger charge is 2.44. The van der Waals surface area contributed by atoms with Gasteiger partial charge >= 0.3 is 5.97 Å². The molecule has 0 fully saturated rings. The van der Waals surface area contributed by atoms with Gasteiger partial charge in [0.2, 0.25) is 0 Å². The number of ether oxygens (including phenoxy) is 1. The van der Waals surface area contributed by atoms with Crippen LogP contribution in [-0.4, -0.2) is 33.5 Å². The lowest BCUT2D eigenvalue weighted by atomic mass is 9.75. The molecule has 28 heavy (non-hydrogen) atoms. The molecule has 148 valence electrons. The van der Waals surface area contributed by atoms with Crippen molar-refractivity contribution in [3.8, 4) is 0 Å². The van der Waals surface area contributed by atoms with Crippen LogP contribution in [0.15, 0.2) is 29.3 Å². The first-order valence-electron chi connectivity index (χ1n) is 9.18. The maximum Gasteiger partial charge on any atom is 0.315 e. The topological polar surface area (TPSA) is 99.6 Å². The third-order valence-corrected chi connectivity index (χ3v) is 5.03. The summed E-state index contributed by atoms with van der Waals surface area (Å²) in [5.41, 5.74) is 2.58. The molecule has 0 saturated carbocycles. The Labute approximate surface area is 163 Å². The van der Waals surface area contributed by atoms with Gasteiger partial charge in [-0.1, -0.05) is 32.0 Å². The molecule has 0 aliphatic carbocycles. The monoisotopic (exact) mass is 384 g/mol. The number of nitro groups is 1. The number of carbonyl (C=O) groups is 1. The van der Waals surface area contributed by atoms with Crippen LogP contribution in [0.1, 0.15) is 43.5 Å². The van der Waals surface area contributed by atoms with Gasteiger partial charge in [-0.3, -0.25) is 19.6 Å². The molecule has 8 heteroatoms. The van der Waals surface area contributed by atoms with Crippen molar-refractivity contribution in [3.63, 3.8) is 0 Å². The van der Waals surface area contributed by atoms with E-state index in [1.165, 1.54) is 13.2 Å². The lowest BCUT2D eigenvalue weighted by molar-refractivity contribution is -0.385. The predicted octanol–water partition coefficient (Wildman–Crippen LogP) is 3.55. The largest absolute Gasteiger partial charge is 0.468 e. The van der Waals surface area contributed by atoms with Crippen LogP contribution in [0.3, 0.4) is 0 Å². The number of carbonyl (C=O) groups excluding carboxylic acids is 1. The van der Waals surface area contributed by atoms with Gasteiger partial charge in [0.25, 0.3) is 5.69 Å². The van der Waals surface area contributed by atoms with Crippen LogP contribution in [0.4, 0.5) is 11.5 Å². The average Bonchev–Trinajstić information content (AvgIpc) is 2.94. The predicted molar refractivity (Wildman–Crippen MR) is 105 cm³/mol. The maximum atomic E-state index is 12.7. The Kier molecular flexibility index (Phi) is 5.31. The number of hydrogen-bond acceptors (Lipinski definition) is 6. The van der Waals surface area contributed by atoms with Gasteiger partial charge in [0.1, 0.15) is 5.92 Å². The molecule has 1 aromatic heterocycles. The van der Waals surface area contributed by atoms with E-state index in [4.69, 9.17) is 4.74 Å². The third kappa shape index (κ3) is 3.30. The molecular formula is C20H24N4O4. The number of rotatable bonds is 5. The van der Waals surface area contributed by atoms with Crippen LogP contribution < -0.4 is 0 Å². The highest BCUT2D eigenvalue weighted by Crippen LogP contribution is 2.47. The lowest BCUT2D eigenvalue weighted by Crippen LogP contribution is -2.33. The molecule has 3 rings (SSSR count). The molecule has 8 nitrogen and oxygen atoms in total. The summed E-state index contributed by atoms with van der Waals surface area (Å²) in [7, 11) is 3.12. The minimum Gasteiger partial charge on any atom is -0.468 e. The Morgan fingerprint density at radius 1 is 1.36 bits per heavy atom. The maximum absolute atomic E-state index is 12.7. The summed E-state index contributed by atoms with van der Waals surface area (Å²) in [6.07, 6.45) is 0.683. The standard InChI is InChI=1S/C20H24N4O4/c1-11(2)10-14-18-17(13-8-6-7-9-15(13)24(26)27)16(20(25)28-5)12(3)21-19(18)23(4)22-14/h6-9,11,16-17H,10H2,1-5H3. The first kappa shape index (κ1) is 19.7. The lowest BCUT2D eigenvalue weighted by Gasteiger charge is -2.29. The minimum absolute atomic E-state index is 0.0265. The van der Waals surface area contributed by atoms with E-state index in [2.05, 4.69) is 23.9 Å². The molecule has 2 atom stereocenters. The van der Waals surface area contributed by atoms with Gasteiger partial charge in [-0.25, -0.2) is 4.99 Å². The molecule has 0 saturated heterocycles. The Bertz CT molecular complexity index is 961. The second-order valence-corrected chi connectivity index (χ2v) is 7.45. The molecule has 1 aromatic carbocycles. The number of esters is 1. The Balaban J connectivity index is 2.33. The van der Waals surface area contributed by atoms with Crippen molar-refractivity contribution in [1.29, 1.82) is 0 Å². The van der Waals surface area contributed by atoms with Crippen LogP contribution in [0.25, 0.3) is 0 Å². The highest BCUT2D eigenvalue weighted by atomic mass is 16.6. The van der Waals surface area contributed by atoms with Crippen LogP contribution in [0.2, 0.25) is 0 Å². The second-order valence-electron chi connectivity index (χ2n) is 7.45. The molecular weight excluding hydrogens is 360 g/mol. The molecule has 1 aliphatic heterocycles. The molecule has 1 aliphatic rings. The number of fused-ring (bicyclic) bond motifs is 1. The molecule has 2 aromatic rings. The fraction of sp³-hybridized carbons (Fsp3) is 0.450. The number of nitro benzene ring substituents is 1. The fourth-order valence-corrected chi connectivity index (χ4v) is 3.90. The van der Waals surface area contributed by atoms with Crippen molar-refractivity contribution in [1.82, 2.24) is 9.78 Å². The zero-order valence-electron chi connectivity index (χ0n) is 16.7. The number of aryl methyl sites for hydroxylation is 1. The Hall–Kier alpha value is -3.03. The first-order chi connectivity index (χ1) is 13.3. The number of aliphatic imine (C=N–C) groups is 1. The normalized spacial score (nSPS) is 18.6. The molecule has 0 amide bonds. The van der Waals surface area contributed by atoms with Gasteiger partial charge in [0, 0.05) is 35.9 Å². The van der Waals surface area contributed by atoms with Crippen molar-refractivity contribution in [3.05, 3.63) is 51.2 Å². The van der Waals surface area contributed by atoms with Gasteiger partial charge in [-0.05, 0) is 19.3 Å². The van der Waals surface area contributed by atoms with Gasteiger partial charge in [0.05, 0.1) is 17.7 Å². The van der Waals surface area contributed by atoms with Gasteiger partial charge in [-0.15, -0.1) is 0 Å². The number of nitrogens with zero attached hydrogens (tertiary/aromatic N) is 4. The van der Waals surface area contributed by atoms with Crippen molar-refractivity contribution in [2.24, 2.45) is 23.9 Å². The molecule has 2 unspecified atom stereocenters. The number of methoxy groups -OCH3 is 1. The minimum atomic E-state index is -0.742. The quantitative estimate of drug-likeness (QED) is 0.446. The molecule has 0 N–H and O–H groups in total. The summed E-state index contributed by atoms with van der Waals surface area (Å²) >= 11 is 0. The zero-order valence-corrected chi connectivity index (χ0v) is 16.7. The smallest absolute Gasteiger partial charge is 0.315 e. The molecule has 0 bridgehead atoms. The molecule has 2 heterocycles. The second kappa shape index (κ2) is 7.53. The van der Waals surface area contributed by atoms with Crippen LogP contribution in [0, 0.1) is 22.0 Å². The summed E-state index contributed by atoms with van der Waals surface area (Å²) in [5.74, 6) is -0.822. The summed E-state index contributed by atoms with van der Waals surface area (Å²) in [6, 6.07) is 6.53. The van der Waals surface area contributed by atoms with Crippen LogP contribution in [-0.2, 0) is 23.0 Å². The van der Waals surface area contributed by atoms with E-state index in [9.17, 15) is 14.9 Å². The Morgan fingerprint density at radius 3 is 2.64 bits per heavy atom. The summed E-state index contributed by atoms with van der Waals surface area (Å²) in [6.45, 7) is 5.91.